The second-order valence-corrected chi connectivity index (χ2v) is 5.44. The summed E-state index contributed by atoms with van der Waals surface area (Å²) in [4.78, 5) is 4.49. The molecule has 0 radical (unpaired) electrons. The molecule has 0 amide bonds. The van der Waals surface area contributed by atoms with E-state index >= 15 is 0 Å². The highest BCUT2D eigenvalue weighted by atomic mass is 19.1. The minimum Gasteiger partial charge on any atom is -0.439 e. The van der Waals surface area contributed by atoms with Crippen LogP contribution in [0.1, 0.15) is 36.6 Å². The van der Waals surface area contributed by atoms with Crippen molar-refractivity contribution in [3.8, 4) is 11.6 Å². The quantitative estimate of drug-likeness (QED) is 0.897. The van der Waals surface area contributed by atoms with E-state index in [1.807, 2.05) is 13.1 Å². The Morgan fingerprint density at radius 2 is 2.00 bits per heavy atom. The summed E-state index contributed by atoms with van der Waals surface area (Å²) in [5.41, 5.74) is 2.66. The largest absolute Gasteiger partial charge is 0.439 e. The van der Waals surface area contributed by atoms with E-state index in [2.05, 4.69) is 30.2 Å². The van der Waals surface area contributed by atoms with Crippen LogP contribution in [0.3, 0.4) is 0 Å². The van der Waals surface area contributed by atoms with Crippen LogP contribution in [0, 0.1) is 12.7 Å². The van der Waals surface area contributed by atoms with Gasteiger partial charge in [-0.1, -0.05) is 19.9 Å². The number of ether oxygens (including phenoxy) is 1. The number of nitrogens with one attached hydrogen (secondary N) is 1. The van der Waals surface area contributed by atoms with Crippen LogP contribution < -0.4 is 10.1 Å². The minimum absolute atomic E-state index is 0.275. The summed E-state index contributed by atoms with van der Waals surface area (Å²) in [7, 11) is 1.89. The molecule has 0 fully saturated rings. The van der Waals surface area contributed by atoms with Gasteiger partial charge in [0, 0.05) is 24.4 Å². The molecule has 1 aromatic heterocycles. The predicted molar refractivity (Wildman–Crippen MR) is 82.3 cm³/mol. The van der Waals surface area contributed by atoms with Gasteiger partial charge < -0.3 is 10.1 Å². The van der Waals surface area contributed by atoms with Crippen LogP contribution in [-0.4, -0.2) is 12.0 Å². The van der Waals surface area contributed by atoms with E-state index in [0.717, 1.165) is 17.8 Å². The van der Waals surface area contributed by atoms with Crippen molar-refractivity contribution in [2.45, 2.75) is 33.2 Å². The molecule has 1 N–H and O–H groups in total. The molecule has 21 heavy (non-hydrogen) atoms. The highest BCUT2D eigenvalue weighted by Crippen LogP contribution is 2.25. The third kappa shape index (κ3) is 4.02. The fraction of sp³-hybridized carbons (Fsp3) is 0.353. The van der Waals surface area contributed by atoms with Crippen molar-refractivity contribution < 1.29 is 9.13 Å². The standard InChI is InChI=1S/C17H21FN2O/c1-11(2)16-7-13(10-19-4)8-17(20-16)21-14-6-5-12(3)15(18)9-14/h5-9,11,19H,10H2,1-4H3. The van der Waals surface area contributed by atoms with Gasteiger partial charge in [0.15, 0.2) is 0 Å². The van der Waals surface area contributed by atoms with Gasteiger partial charge in [0.2, 0.25) is 5.88 Å². The topological polar surface area (TPSA) is 34.1 Å². The SMILES string of the molecule is CNCc1cc(Oc2ccc(C)c(F)c2)nc(C(C)C)c1. The second kappa shape index (κ2) is 6.68. The van der Waals surface area contributed by atoms with Crippen molar-refractivity contribution in [1.29, 1.82) is 0 Å². The van der Waals surface area contributed by atoms with E-state index in [1.54, 1.807) is 19.1 Å². The van der Waals surface area contributed by atoms with Gasteiger partial charge in [0.1, 0.15) is 11.6 Å². The van der Waals surface area contributed by atoms with Crippen LogP contribution in [0.2, 0.25) is 0 Å². The number of rotatable bonds is 5. The van der Waals surface area contributed by atoms with Crippen molar-refractivity contribution in [2.75, 3.05) is 7.05 Å². The van der Waals surface area contributed by atoms with Gasteiger partial charge >= 0.3 is 0 Å². The molecular formula is C17H21FN2O. The number of nitrogens with zero attached hydrogens (tertiary/aromatic N) is 1. The molecule has 0 spiro atoms. The van der Waals surface area contributed by atoms with Gasteiger partial charge in [-0.15, -0.1) is 0 Å². The number of benzene rings is 1. The third-order valence-electron chi connectivity index (χ3n) is 3.22. The summed E-state index contributed by atoms with van der Waals surface area (Å²) < 4.78 is 19.3. The van der Waals surface area contributed by atoms with E-state index in [4.69, 9.17) is 4.74 Å². The molecule has 0 aliphatic heterocycles. The lowest BCUT2D eigenvalue weighted by Gasteiger charge is -2.12. The van der Waals surface area contributed by atoms with Crippen LogP contribution in [0.15, 0.2) is 30.3 Å². The maximum absolute atomic E-state index is 13.6. The Bertz CT molecular complexity index is 626. The van der Waals surface area contributed by atoms with Gasteiger partial charge in [0.25, 0.3) is 0 Å². The van der Waals surface area contributed by atoms with Crippen molar-refractivity contribution in [1.82, 2.24) is 10.3 Å². The Balaban J connectivity index is 2.31. The first kappa shape index (κ1) is 15.4. The molecule has 0 aliphatic carbocycles. The first-order valence-corrected chi connectivity index (χ1v) is 7.09. The van der Waals surface area contributed by atoms with E-state index in [-0.39, 0.29) is 5.82 Å². The molecule has 112 valence electrons. The molecular weight excluding hydrogens is 267 g/mol. The number of pyridine rings is 1. The van der Waals surface area contributed by atoms with Crippen molar-refractivity contribution in [3.05, 3.63) is 53.0 Å². The Hall–Kier alpha value is -1.94. The molecule has 0 saturated carbocycles. The van der Waals surface area contributed by atoms with Crippen LogP contribution >= 0.6 is 0 Å². The summed E-state index contributed by atoms with van der Waals surface area (Å²) in [6, 6.07) is 8.77. The second-order valence-electron chi connectivity index (χ2n) is 5.44. The number of hydrogen-bond donors (Lipinski definition) is 1. The minimum atomic E-state index is -0.275. The Labute approximate surface area is 125 Å². The zero-order valence-corrected chi connectivity index (χ0v) is 12.9. The molecule has 0 atom stereocenters. The van der Waals surface area contributed by atoms with Crippen molar-refractivity contribution in [2.24, 2.45) is 0 Å². The molecule has 4 heteroatoms. The maximum Gasteiger partial charge on any atom is 0.219 e. The van der Waals surface area contributed by atoms with Gasteiger partial charge in [0.05, 0.1) is 0 Å². The van der Waals surface area contributed by atoms with Crippen LogP contribution in [-0.2, 0) is 6.54 Å². The van der Waals surface area contributed by atoms with Crippen molar-refractivity contribution in [3.63, 3.8) is 0 Å². The van der Waals surface area contributed by atoms with Gasteiger partial charge in [-0.3, -0.25) is 0 Å². The predicted octanol–water partition coefficient (Wildman–Crippen LogP) is 4.16. The van der Waals surface area contributed by atoms with E-state index in [1.165, 1.54) is 6.07 Å². The Kier molecular flexibility index (Phi) is 4.91. The zero-order chi connectivity index (χ0) is 15.4. The van der Waals surface area contributed by atoms with Gasteiger partial charge in [-0.25, -0.2) is 9.37 Å². The van der Waals surface area contributed by atoms with E-state index in [9.17, 15) is 4.39 Å². The summed E-state index contributed by atoms with van der Waals surface area (Å²) in [5, 5.41) is 3.11. The lowest BCUT2D eigenvalue weighted by atomic mass is 10.1. The van der Waals surface area contributed by atoms with Gasteiger partial charge in [-0.05, 0) is 43.1 Å². The maximum atomic E-state index is 13.6. The molecule has 0 unspecified atom stereocenters. The summed E-state index contributed by atoms with van der Waals surface area (Å²) in [6.07, 6.45) is 0. The molecule has 0 bridgehead atoms. The third-order valence-corrected chi connectivity index (χ3v) is 3.22. The summed E-state index contributed by atoms with van der Waals surface area (Å²) >= 11 is 0. The van der Waals surface area contributed by atoms with Gasteiger partial charge in [-0.2, -0.15) is 0 Å². The molecule has 2 rings (SSSR count). The Morgan fingerprint density at radius 3 is 2.62 bits per heavy atom. The van der Waals surface area contributed by atoms with E-state index < -0.39 is 0 Å². The number of halogens is 1. The fourth-order valence-corrected chi connectivity index (χ4v) is 1.99. The number of aromatic nitrogens is 1. The normalized spacial score (nSPS) is 11.0. The molecule has 2 aromatic rings. The zero-order valence-electron chi connectivity index (χ0n) is 12.9. The first-order valence-electron chi connectivity index (χ1n) is 7.09. The fourth-order valence-electron chi connectivity index (χ4n) is 1.99. The van der Waals surface area contributed by atoms with Crippen LogP contribution in [0.4, 0.5) is 4.39 Å². The molecule has 3 nitrogen and oxygen atoms in total. The average molecular weight is 288 g/mol. The Morgan fingerprint density at radius 1 is 1.24 bits per heavy atom. The van der Waals surface area contributed by atoms with Crippen LogP contribution in [0.5, 0.6) is 11.6 Å². The lowest BCUT2D eigenvalue weighted by Crippen LogP contribution is -2.07. The highest BCUT2D eigenvalue weighted by Gasteiger charge is 2.09. The number of aryl methyl sites for hydroxylation is 1. The summed E-state index contributed by atoms with van der Waals surface area (Å²) in [5.74, 6) is 0.985. The van der Waals surface area contributed by atoms with E-state index in [0.29, 0.717) is 23.1 Å². The van der Waals surface area contributed by atoms with Crippen LogP contribution in [0.25, 0.3) is 0 Å². The first-order chi connectivity index (χ1) is 9.99. The molecule has 1 heterocycles. The van der Waals surface area contributed by atoms with Crippen molar-refractivity contribution >= 4 is 0 Å². The average Bonchev–Trinajstić information content (AvgIpc) is 2.43. The molecule has 0 aliphatic rings. The lowest BCUT2D eigenvalue weighted by molar-refractivity contribution is 0.453. The monoisotopic (exact) mass is 288 g/mol. The molecule has 1 aromatic carbocycles. The number of hydrogen-bond acceptors (Lipinski definition) is 3. The summed E-state index contributed by atoms with van der Waals surface area (Å²) in [6.45, 7) is 6.63. The smallest absolute Gasteiger partial charge is 0.219 e. The highest BCUT2D eigenvalue weighted by molar-refractivity contribution is 5.33. The molecule has 0 saturated heterocycles.